The van der Waals surface area contributed by atoms with E-state index in [0.29, 0.717) is 11.1 Å². The van der Waals surface area contributed by atoms with Crippen LogP contribution in [0.4, 0.5) is 4.39 Å². The summed E-state index contributed by atoms with van der Waals surface area (Å²) in [6, 6.07) is 1.31. The van der Waals surface area contributed by atoms with Gasteiger partial charge in [-0.05, 0) is 41.4 Å². The number of halogens is 2. The number of nitrogens with one attached hydrogen (secondary N) is 1. The Bertz CT molecular complexity index is 724. The number of ether oxygens (including phenoxy) is 1. The molecule has 100 valence electrons. The summed E-state index contributed by atoms with van der Waals surface area (Å²) in [5.41, 5.74) is 0.385. The summed E-state index contributed by atoms with van der Waals surface area (Å²) in [6.45, 7) is 3.49. The SMILES string of the molecule is CCOC(=O)c1c[nH]c2c(C)cc(F)c(Br)c2c1=O. The zero-order chi connectivity index (χ0) is 14.2. The van der Waals surface area contributed by atoms with Gasteiger partial charge in [-0.2, -0.15) is 0 Å². The molecule has 1 N–H and O–H groups in total. The Labute approximate surface area is 116 Å². The van der Waals surface area contributed by atoms with E-state index in [-0.39, 0.29) is 22.0 Å². The number of carbonyl (C=O) groups excluding carboxylic acids is 1. The van der Waals surface area contributed by atoms with Crippen molar-refractivity contribution in [1.29, 1.82) is 0 Å². The minimum Gasteiger partial charge on any atom is -0.462 e. The van der Waals surface area contributed by atoms with Crippen LogP contribution in [0.1, 0.15) is 22.8 Å². The van der Waals surface area contributed by atoms with Gasteiger partial charge in [0.1, 0.15) is 11.4 Å². The zero-order valence-corrected chi connectivity index (χ0v) is 11.9. The average Bonchev–Trinajstić information content (AvgIpc) is 2.36. The van der Waals surface area contributed by atoms with Crippen molar-refractivity contribution in [2.24, 2.45) is 0 Å². The van der Waals surface area contributed by atoms with Gasteiger partial charge in [-0.3, -0.25) is 4.79 Å². The molecule has 0 spiro atoms. The molecule has 1 heterocycles. The van der Waals surface area contributed by atoms with Crippen molar-refractivity contribution in [3.05, 3.63) is 43.9 Å². The molecular weight excluding hydrogens is 317 g/mol. The maximum atomic E-state index is 13.7. The second-order valence-electron chi connectivity index (χ2n) is 3.99. The third kappa shape index (κ3) is 2.28. The van der Waals surface area contributed by atoms with Crippen LogP contribution in [0.5, 0.6) is 0 Å². The van der Waals surface area contributed by atoms with Crippen LogP contribution >= 0.6 is 15.9 Å². The maximum absolute atomic E-state index is 13.7. The fourth-order valence-corrected chi connectivity index (χ4v) is 2.35. The molecule has 19 heavy (non-hydrogen) atoms. The summed E-state index contributed by atoms with van der Waals surface area (Å²) >= 11 is 3.04. The summed E-state index contributed by atoms with van der Waals surface area (Å²) in [5, 5.41) is 0.114. The van der Waals surface area contributed by atoms with Crippen molar-refractivity contribution in [2.45, 2.75) is 13.8 Å². The van der Waals surface area contributed by atoms with Gasteiger partial charge in [0, 0.05) is 6.20 Å². The van der Waals surface area contributed by atoms with Crippen LogP contribution in [-0.4, -0.2) is 17.6 Å². The highest BCUT2D eigenvalue weighted by Gasteiger charge is 2.18. The fourth-order valence-electron chi connectivity index (χ4n) is 1.86. The van der Waals surface area contributed by atoms with Crippen molar-refractivity contribution >= 4 is 32.8 Å². The van der Waals surface area contributed by atoms with Gasteiger partial charge in [-0.25, -0.2) is 9.18 Å². The monoisotopic (exact) mass is 327 g/mol. The Morgan fingerprint density at radius 1 is 1.53 bits per heavy atom. The predicted molar refractivity (Wildman–Crippen MR) is 72.9 cm³/mol. The molecule has 0 aliphatic heterocycles. The minimum absolute atomic E-state index is 0.0421. The molecule has 2 rings (SSSR count). The first-order chi connectivity index (χ1) is 8.97. The molecule has 0 amide bonds. The Morgan fingerprint density at radius 3 is 2.84 bits per heavy atom. The molecule has 0 saturated heterocycles. The maximum Gasteiger partial charge on any atom is 0.343 e. The highest BCUT2D eigenvalue weighted by molar-refractivity contribution is 9.10. The van der Waals surface area contributed by atoms with Crippen LogP contribution in [0.3, 0.4) is 0 Å². The van der Waals surface area contributed by atoms with Crippen LogP contribution in [0, 0.1) is 12.7 Å². The molecule has 0 atom stereocenters. The van der Waals surface area contributed by atoms with E-state index >= 15 is 0 Å². The van der Waals surface area contributed by atoms with E-state index in [2.05, 4.69) is 20.9 Å². The van der Waals surface area contributed by atoms with Gasteiger partial charge < -0.3 is 9.72 Å². The Morgan fingerprint density at radius 2 is 2.21 bits per heavy atom. The first-order valence-electron chi connectivity index (χ1n) is 5.64. The Kier molecular flexibility index (Phi) is 3.71. The molecular formula is C13H11BrFNO3. The minimum atomic E-state index is -0.723. The number of carbonyl (C=O) groups is 1. The highest BCUT2D eigenvalue weighted by Crippen LogP contribution is 2.26. The van der Waals surface area contributed by atoms with Crippen LogP contribution < -0.4 is 5.43 Å². The van der Waals surface area contributed by atoms with E-state index in [4.69, 9.17) is 4.74 Å². The summed E-state index contributed by atoms with van der Waals surface area (Å²) < 4.78 is 18.5. The van der Waals surface area contributed by atoms with Crippen molar-refractivity contribution in [3.8, 4) is 0 Å². The number of H-pyrrole nitrogens is 1. The summed E-state index contributed by atoms with van der Waals surface area (Å²) in [5.74, 6) is -1.27. The van der Waals surface area contributed by atoms with Crippen LogP contribution in [0.15, 0.2) is 21.5 Å². The number of aromatic amines is 1. The van der Waals surface area contributed by atoms with Crippen molar-refractivity contribution in [1.82, 2.24) is 4.98 Å². The Hall–Kier alpha value is -1.69. The molecule has 2 aromatic rings. The molecule has 1 aromatic carbocycles. The average molecular weight is 328 g/mol. The number of hydrogen-bond acceptors (Lipinski definition) is 3. The summed E-state index contributed by atoms with van der Waals surface area (Å²) in [6.07, 6.45) is 1.29. The van der Waals surface area contributed by atoms with Gasteiger partial charge in [0.25, 0.3) is 0 Å². The van der Waals surface area contributed by atoms with E-state index in [1.54, 1.807) is 13.8 Å². The van der Waals surface area contributed by atoms with Gasteiger partial charge in [-0.1, -0.05) is 0 Å². The lowest BCUT2D eigenvalue weighted by Gasteiger charge is -2.07. The van der Waals surface area contributed by atoms with Gasteiger partial charge in [-0.15, -0.1) is 0 Å². The van der Waals surface area contributed by atoms with E-state index in [0.717, 1.165) is 0 Å². The number of pyridine rings is 1. The van der Waals surface area contributed by atoms with E-state index in [9.17, 15) is 14.0 Å². The number of aryl methyl sites for hydroxylation is 1. The molecule has 0 aliphatic rings. The van der Waals surface area contributed by atoms with Crippen molar-refractivity contribution < 1.29 is 13.9 Å². The van der Waals surface area contributed by atoms with Crippen molar-refractivity contribution in [2.75, 3.05) is 6.61 Å². The number of rotatable bonds is 2. The third-order valence-electron chi connectivity index (χ3n) is 2.74. The quantitative estimate of drug-likeness (QED) is 0.863. The molecule has 0 saturated carbocycles. The molecule has 0 fully saturated rings. The zero-order valence-electron chi connectivity index (χ0n) is 10.3. The normalized spacial score (nSPS) is 10.7. The number of fused-ring (bicyclic) bond motifs is 1. The lowest BCUT2D eigenvalue weighted by molar-refractivity contribution is 0.0524. The number of aromatic nitrogens is 1. The summed E-state index contributed by atoms with van der Waals surface area (Å²) in [4.78, 5) is 26.7. The first-order valence-corrected chi connectivity index (χ1v) is 6.43. The molecule has 0 aliphatic carbocycles. The largest absolute Gasteiger partial charge is 0.462 e. The second-order valence-corrected chi connectivity index (χ2v) is 4.78. The van der Waals surface area contributed by atoms with Gasteiger partial charge in [0.2, 0.25) is 5.43 Å². The number of esters is 1. The second kappa shape index (κ2) is 5.13. The fraction of sp³-hybridized carbons (Fsp3) is 0.231. The lowest BCUT2D eigenvalue weighted by atomic mass is 10.1. The van der Waals surface area contributed by atoms with Crippen LogP contribution in [0.25, 0.3) is 10.9 Å². The van der Waals surface area contributed by atoms with E-state index < -0.39 is 17.2 Å². The molecule has 1 aromatic heterocycles. The third-order valence-corrected chi connectivity index (χ3v) is 3.52. The topological polar surface area (TPSA) is 59.2 Å². The number of hydrogen-bond donors (Lipinski definition) is 1. The Balaban J connectivity index is 2.82. The summed E-state index contributed by atoms with van der Waals surface area (Å²) in [7, 11) is 0. The first kappa shape index (κ1) is 13.7. The predicted octanol–water partition coefficient (Wildman–Crippen LogP) is 2.91. The van der Waals surface area contributed by atoms with E-state index in [1.807, 2.05) is 0 Å². The number of benzene rings is 1. The van der Waals surface area contributed by atoms with Gasteiger partial charge in [0.15, 0.2) is 0 Å². The van der Waals surface area contributed by atoms with Crippen LogP contribution in [0.2, 0.25) is 0 Å². The standard InChI is InChI=1S/C13H11BrFNO3/c1-3-19-13(18)7-5-16-11-6(2)4-8(15)10(14)9(11)12(7)17/h4-5H,3H2,1-2H3,(H,16,17). The lowest BCUT2D eigenvalue weighted by Crippen LogP contribution is -2.19. The van der Waals surface area contributed by atoms with E-state index in [1.165, 1.54) is 12.3 Å². The highest BCUT2D eigenvalue weighted by atomic mass is 79.9. The molecule has 0 bridgehead atoms. The van der Waals surface area contributed by atoms with Gasteiger partial charge in [0.05, 0.1) is 22.0 Å². The molecule has 4 nitrogen and oxygen atoms in total. The smallest absolute Gasteiger partial charge is 0.343 e. The molecule has 6 heteroatoms. The molecule has 0 radical (unpaired) electrons. The van der Waals surface area contributed by atoms with Gasteiger partial charge >= 0.3 is 5.97 Å². The van der Waals surface area contributed by atoms with Crippen LogP contribution in [-0.2, 0) is 4.74 Å². The van der Waals surface area contributed by atoms with Crippen molar-refractivity contribution in [3.63, 3.8) is 0 Å². The molecule has 0 unspecified atom stereocenters.